The monoisotopic (exact) mass is 340 g/mol. The molecule has 1 aliphatic rings. The van der Waals surface area contributed by atoms with Gasteiger partial charge in [0, 0.05) is 0 Å². The molecule has 23 heavy (non-hydrogen) atoms. The number of hydrogen-bond donors (Lipinski definition) is 2. The normalized spacial score (nSPS) is 16.7. The van der Waals surface area contributed by atoms with E-state index in [1.165, 1.54) is 16.4 Å². The zero-order valence-corrected chi connectivity index (χ0v) is 13.4. The number of amides is 1. The zero-order valence-electron chi connectivity index (χ0n) is 12.6. The first-order valence-electron chi connectivity index (χ1n) is 7.23. The highest BCUT2D eigenvalue weighted by Crippen LogP contribution is 2.15. The van der Waals surface area contributed by atoms with Gasteiger partial charge in [0.05, 0.1) is 37.6 Å². The Morgan fingerprint density at radius 1 is 1.30 bits per heavy atom. The molecule has 2 N–H and O–H groups in total. The van der Waals surface area contributed by atoms with E-state index in [4.69, 9.17) is 6.42 Å². The standard InChI is InChI=1S/C15H18FN3O3S/c1-2-7-17-15(20)12-18-8-10-19(11-9-18)23(21,22)14-5-3-13(16)4-6-14/h1,3-6H,7-12H2,(H,17,20)/p+1. The lowest BCUT2D eigenvalue weighted by molar-refractivity contribution is -0.895. The fourth-order valence-electron chi connectivity index (χ4n) is 2.41. The number of piperazine rings is 1. The first kappa shape index (κ1) is 17.4. The summed E-state index contributed by atoms with van der Waals surface area (Å²) in [5.74, 6) is 1.71. The van der Waals surface area contributed by atoms with E-state index in [0.29, 0.717) is 26.2 Å². The van der Waals surface area contributed by atoms with E-state index < -0.39 is 15.8 Å². The first-order valence-corrected chi connectivity index (χ1v) is 8.67. The van der Waals surface area contributed by atoms with Crippen LogP contribution >= 0.6 is 0 Å². The molecule has 1 aliphatic heterocycles. The second-order valence-electron chi connectivity index (χ2n) is 5.27. The summed E-state index contributed by atoms with van der Waals surface area (Å²) in [5, 5.41) is 2.59. The Balaban J connectivity index is 1.92. The number of rotatable bonds is 5. The SMILES string of the molecule is C#CCNC(=O)C[NH+]1CCN(S(=O)(=O)c2ccc(F)cc2)CC1. The lowest BCUT2D eigenvalue weighted by Crippen LogP contribution is -3.15. The average Bonchev–Trinajstić information content (AvgIpc) is 2.54. The number of hydrogen-bond acceptors (Lipinski definition) is 3. The topological polar surface area (TPSA) is 70.9 Å². The van der Waals surface area contributed by atoms with Crippen molar-refractivity contribution in [3.05, 3.63) is 30.1 Å². The molecule has 2 rings (SSSR count). The second-order valence-corrected chi connectivity index (χ2v) is 7.20. The molecule has 0 radical (unpaired) electrons. The number of quaternary nitrogens is 1. The van der Waals surface area contributed by atoms with Gasteiger partial charge >= 0.3 is 0 Å². The first-order chi connectivity index (χ1) is 10.9. The van der Waals surface area contributed by atoms with Gasteiger partial charge in [-0.3, -0.25) is 4.79 Å². The van der Waals surface area contributed by atoms with Crippen LogP contribution in [0.15, 0.2) is 29.2 Å². The molecule has 0 unspecified atom stereocenters. The molecule has 0 spiro atoms. The Bertz CT molecular complexity index is 690. The Morgan fingerprint density at radius 3 is 2.48 bits per heavy atom. The van der Waals surface area contributed by atoms with E-state index in [1.54, 1.807) is 0 Å². The Morgan fingerprint density at radius 2 is 1.91 bits per heavy atom. The summed E-state index contributed by atoms with van der Waals surface area (Å²) in [5.41, 5.74) is 0. The highest BCUT2D eigenvalue weighted by molar-refractivity contribution is 7.89. The number of terminal acetylenes is 1. The molecule has 6 nitrogen and oxygen atoms in total. The van der Waals surface area contributed by atoms with Gasteiger partial charge in [-0.15, -0.1) is 6.42 Å². The molecule has 1 aromatic carbocycles. The number of nitrogens with one attached hydrogen (secondary N) is 2. The van der Waals surface area contributed by atoms with Crippen molar-refractivity contribution >= 4 is 15.9 Å². The maximum Gasteiger partial charge on any atom is 0.275 e. The summed E-state index contributed by atoms with van der Waals surface area (Å²) in [6.45, 7) is 2.16. The minimum Gasteiger partial charge on any atom is -0.340 e. The minimum atomic E-state index is -3.62. The van der Waals surface area contributed by atoms with Gasteiger partial charge in [0.25, 0.3) is 5.91 Å². The molecule has 1 heterocycles. The van der Waals surface area contributed by atoms with Gasteiger partial charge in [-0.1, -0.05) is 5.92 Å². The lowest BCUT2D eigenvalue weighted by Gasteiger charge is -2.31. The van der Waals surface area contributed by atoms with Crippen molar-refractivity contribution < 1.29 is 22.5 Å². The van der Waals surface area contributed by atoms with E-state index in [2.05, 4.69) is 11.2 Å². The fourth-order valence-corrected chi connectivity index (χ4v) is 3.86. The molecule has 1 fully saturated rings. The number of nitrogens with zero attached hydrogens (tertiary/aromatic N) is 1. The zero-order chi connectivity index (χ0) is 16.9. The fraction of sp³-hybridized carbons (Fsp3) is 0.400. The van der Waals surface area contributed by atoms with Gasteiger partial charge in [-0.05, 0) is 24.3 Å². The van der Waals surface area contributed by atoms with Crippen LogP contribution in [0.25, 0.3) is 0 Å². The average molecular weight is 340 g/mol. The Labute approximate surface area is 135 Å². The minimum absolute atomic E-state index is 0.0779. The summed E-state index contributed by atoms with van der Waals surface area (Å²) in [7, 11) is -3.62. The van der Waals surface area contributed by atoms with Gasteiger partial charge < -0.3 is 10.2 Å². The summed E-state index contributed by atoms with van der Waals surface area (Å²) in [6.07, 6.45) is 5.07. The van der Waals surface area contributed by atoms with Crippen LogP contribution in [0.5, 0.6) is 0 Å². The number of carbonyl (C=O) groups is 1. The predicted octanol–water partition coefficient (Wildman–Crippen LogP) is -1.54. The molecule has 124 valence electrons. The van der Waals surface area contributed by atoms with Gasteiger partial charge in [0.1, 0.15) is 5.82 Å². The van der Waals surface area contributed by atoms with Crippen molar-refractivity contribution in [3.63, 3.8) is 0 Å². The van der Waals surface area contributed by atoms with E-state index in [0.717, 1.165) is 17.0 Å². The molecule has 0 aromatic heterocycles. The van der Waals surface area contributed by atoms with Gasteiger partial charge in [-0.2, -0.15) is 4.31 Å². The smallest absolute Gasteiger partial charge is 0.275 e. The quantitative estimate of drug-likeness (QED) is 0.639. The van der Waals surface area contributed by atoms with Gasteiger partial charge in [0.2, 0.25) is 10.0 Å². The molecule has 1 amide bonds. The van der Waals surface area contributed by atoms with Crippen LogP contribution in [0.3, 0.4) is 0 Å². The Kier molecular flexibility index (Phi) is 5.71. The largest absolute Gasteiger partial charge is 0.340 e. The predicted molar refractivity (Wildman–Crippen MR) is 82.6 cm³/mol. The van der Waals surface area contributed by atoms with Crippen LogP contribution in [0.1, 0.15) is 0 Å². The number of sulfonamides is 1. The summed E-state index contributed by atoms with van der Waals surface area (Å²) in [4.78, 5) is 12.7. The third-order valence-electron chi connectivity index (χ3n) is 3.68. The third kappa shape index (κ3) is 4.51. The summed E-state index contributed by atoms with van der Waals surface area (Å²) < 4.78 is 39.2. The van der Waals surface area contributed by atoms with Crippen LogP contribution in [0.4, 0.5) is 4.39 Å². The molecule has 0 atom stereocenters. The van der Waals surface area contributed by atoms with Crippen LogP contribution in [-0.2, 0) is 14.8 Å². The number of carbonyl (C=O) groups excluding carboxylic acids is 1. The lowest BCUT2D eigenvalue weighted by atomic mass is 10.3. The van der Waals surface area contributed by atoms with Gasteiger partial charge in [-0.25, -0.2) is 12.8 Å². The van der Waals surface area contributed by atoms with Crippen LogP contribution < -0.4 is 10.2 Å². The van der Waals surface area contributed by atoms with E-state index >= 15 is 0 Å². The van der Waals surface area contributed by atoms with Crippen molar-refractivity contribution in [3.8, 4) is 12.3 Å². The van der Waals surface area contributed by atoms with E-state index in [1.807, 2.05) is 0 Å². The van der Waals surface area contributed by atoms with E-state index in [-0.39, 0.29) is 23.9 Å². The molecule has 0 bridgehead atoms. The van der Waals surface area contributed by atoms with Crippen molar-refractivity contribution in [1.29, 1.82) is 0 Å². The Hall–Kier alpha value is -1.95. The third-order valence-corrected chi connectivity index (χ3v) is 5.59. The highest BCUT2D eigenvalue weighted by Gasteiger charge is 2.31. The maximum atomic E-state index is 12.9. The number of halogens is 1. The number of benzene rings is 1. The van der Waals surface area contributed by atoms with Crippen molar-refractivity contribution in [2.75, 3.05) is 39.3 Å². The molecular formula is C15H19FN3O3S+. The summed E-state index contributed by atoms with van der Waals surface area (Å²) >= 11 is 0. The van der Waals surface area contributed by atoms with Gasteiger partial charge in [0.15, 0.2) is 6.54 Å². The molecule has 8 heteroatoms. The summed E-state index contributed by atoms with van der Waals surface area (Å²) in [6, 6.07) is 4.78. The van der Waals surface area contributed by atoms with Crippen LogP contribution in [0, 0.1) is 18.2 Å². The van der Waals surface area contributed by atoms with Crippen molar-refractivity contribution in [2.45, 2.75) is 4.90 Å². The maximum absolute atomic E-state index is 12.9. The molecule has 1 aromatic rings. The highest BCUT2D eigenvalue weighted by atomic mass is 32.2. The molecular weight excluding hydrogens is 321 g/mol. The van der Waals surface area contributed by atoms with Crippen molar-refractivity contribution in [2.24, 2.45) is 0 Å². The van der Waals surface area contributed by atoms with E-state index in [9.17, 15) is 17.6 Å². The van der Waals surface area contributed by atoms with Crippen LogP contribution in [-0.4, -0.2) is 57.9 Å². The van der Waals surface area contributed by atoms with Crippen LogP contribution in [0.2, 0.25) is 0 Å². The molecule has 1 saturated heterocycles. The van der Waals surface area contributed by atoms with Crippen molar-refractivity contribution in [1.82, 2.24) is 9.62 Å². The molecule has 0 saturated carbocycles. The second kappa shape index (κ2) is 7.55. The molecule has 0 aliphatic carbocycles.